The fourth-order valence-electron chi connectivity index (χ4n) is 3.22. The Bertz CT molecular complexity index is 391. The third-order valence-corrected chi connectivity index (χ3v) is 4.66. The molecular formula is C16H28N2O3. The molecule has 0 spiro atoms. The highest BCUT2D eigenvalue weighted by atomic mass is 16.5. The van der Waals surface area contributed by atoms with Gasteiger partial charge in [0, 0.05) is 6.61 Å². The summed E-state index contributed by atoms with van der Waals surface area (Å²) in [5.41, 5.74) is 0. The van der Waals surface area contributed by atoms with Crippen LogP contribution in [0.25, 0.3) is 0 Å². The van der Waals surface area contributed by atoms with Crippen LogP contribution in [0.4, 0.5) is 0 Å². The molecule has 2 fully saturated rings. The van der Waals surface area contributed by atoms with Gasteiger partial charge in [-0.2, -0.15) is 0 Å². The molecule has 0 radical (unpaired) electrons. The van der Waals surface area contributed by atoms with Crippen LogP contribution >= 0.6 is 0 Å². The smallest absolute Gasteiger partial charge is 0.246 e. The number of nitrogens with zero attached hydrogens (tertiary/aromatic N) is 1. The topological polar surface area (TPSA) is 58.6 Å². The van der Waals surface area contributed by atoms with Crippen LogP contribution in [0.5, 0.6) is 0 Å². The molecule has 0 aromatic rings. The number of hydrogen-bond acceptors (Lipinski definition) is 3. The van der Waals surface area contributed by atoms with E-state index in [2.05, 4.69) is 19.2 Å². The minimum absolute atomic E-state index is 0.000463. The number of rotatable bonds is 5. The predicted octanol–water partition coefficient (Wildman–Crippen LogP) is 1.56. The van der Waals surface area contributed by atoms with Crippen molar-refractivity contribution in [2.24, 2.45) is 11.8 Å². The molecule has 0 saturated carbocycles. The fraction of sp³-hybridized carbons (Fsp3) is 0.875. The van der Waals surface area contributed by atoms with E-state index in [0.717, 1.165) is 12.8 Å². The van der Waals surface area contributed by atoms with Crippen LogP contribution in [0.2, 0.25) is 0 Å². The first-order chi connectivity index (χ1) is 9.95. The quantitative estimate of drug-likeness (QED) is 0.837. The van der Waals surface area contributed by atoms with E-state index >= 15 is 0 Å². The Hall–Kier alpha value is -1.10. The normalized spacial score (nSPS) is 31.7. The summed E-state index contributed by atoms with van der Waals surface area (Å²) in [5, 5.41) is 2.95. The summed E-state index contributed by atoms with van der Waals surface area (Å²) in [5.74, 6) is 0.607. The lowest BCUT2D eigenvalue weighted by atomic mass is 9.90. The second-order valence-corrected chi connectivity index (χ2v) is 6.78. The van der Waals surface area contributed by atoms with Crippen molar-refractivity contribution in [3.8, 4) is 0 Å². The van der Waals surface area contributed by atoms with Crippen molar-refractivity contribution < 1.29 is 14.3 Å². The summed E-state index contributed by atoms with van der Waals surface area (Å²) in [7, 11) is 0. The summed E-state index contributed by atoms with van der Waals surface area (Å²) in [4.78, 5) is 27.3. The number of amides is 2. The van der Waals surface area contributed by atoms with Gasteiger partial charge in [0.25, 0.3) is 0 Å². The molecule has 0 bridgehead atoms. The average molecular weight is 296 g/mol. The molecule has 2 aliphatic rings. The fourth-order valence-corrected chi connectivity index (χ4v) is 3.22. The Morgan fingerprint density at radius 2 is 2.05 bits per heavy atom. The van der Waals surface area contributed by atoms with E-state index in [1.54, 1.807) is 0 Å². The molecule has 4 atom stereocenters. The largest absolute Gasteiger partial charge is 0.379 e. The predicted molar refractivity (Wildman–Crippen MR) is 80.7 cm³/mol. The van der Waals surface area contributed by atoms with Crippen molar-refractivity contribution in [1.29, 1.82) is 0 Å². The molecule has 0 aliphatic carbocycles. The van der Waals surface area contributed by atoms with Crippen molar-refractivity contribution in [1.82, 2.24) is 10.2 Å². The number of carbonyl (C=O) groups excluding carboxylic acids is 2. The Kier molecular flexibility index (Phi) is 5.25. The Morgan fingerprint density at radius 1 is 1.33 bits per heavy atom. The van der Waals surface area contributed by atoms with Gasteiger partial charge < -0.3 is 15.0 Å². The zero-order valence-electron chi connectivity index (χ0n) is 13.6. The van der Waals surface area contributed by atoms with E-state index in [0.29, 0.717) is 25.6 Å². The van der Waals surface area contributed by atoms with Crippen LogP contribution < -0.4 is 5.32 Å². The van der Waals surface area contributed by atoms with Gasteiger partial charge in [0.1, 0.15) is 12.1 Å². The molecule has 5 nitrogen and oxygen atoms in total. The van der Waals surface area contributed by atoms with Crippen molar-refractivity contribution >= 4 is 11.8 Å². The molecule has 21 heavy (non-hydrogen) atoms. The van der Waals surface area contributed by atoms with E-state index in [4.69, 9.17) is 4.74 Å². The average Bonchev–Trinajstić information content (AvgIpc) is 2.95. The number of carbonyl (C=O) groups is 2. The van der Waals surface area contributed by atoms with E-state index in [1.807, 2.05) is 18.7 Å². The lowest BCUT2D eigenvalue weighted by molar-refractivity contribution is -0.154. The summed E-state index contributed by atoms with van der Waals surface area (Å²) < 4.78 is 5.44. The summed E-state index contributed by atoms with van der Waals surface area (Å²) in [6.45, 7) is 9.48. The standard InChI is InChI=1S/C16H28N2O3/c1-5-11(4)14-16(20)18(12-6-7-21-9-12)13(8-10(2)3)15(19)17-14/h10-14H,5-9H2,1-4H3,(H,17,19). The van der Waals surface area contributed by atoms with Gasteiger partial charge in [-0.3, -0.25) is 9.59 Å². The van der Waals surface area contributed by atoms with Crippen molar-refractivity contribution in [3.05, 3.63) is 0 Å². The van der Waals surface area contributed by atoms with Gasteiger partial charge >= 0.3 is 0 Å². The molecule has 2 aliphatic heterocycles. The van der Waals surface area contributed by atoms with Crippen LogP contribution in [0.1, 0.15) is 47.0 Å². The van der Waals surface area contributed by atoms with Crippen molar-refractivity contribution in [2.45, 2.75) is 65.1 Å². The Morgan fingerprint density at radius 3 is 2.57 bits per heavy atom. The number of piperazine rings is 1. The minimum Gasteiger partial charge on any atom is -0.379 e. The Balaban J connectivity index is 2.25. The van der Waals surface area contributed by atoms with Gasteiger partial charge in [0.15, 0.2) is 0 Å². The van der Waals surface area contributed by atoms with Gasteiger partial charge in [-0.05, 0) is 24.7 Å². The molecule has 4 unspecified atom stereocenters. The lowest BCUT2D eigenvalue weighted by Crippen LogP contribution is -2.67. The second kappa shape index (κ2) is 6.77. The maximum atomic E-state index is 12.9. The molecule has 2 amide bonds. The molecular weight excluding hydrogens is 268 g/mol. The monoisotopic (exact) mass is 296 g/mol. The highest BCUT2D eigenvalue weighted by molar-refractivity contribution is 5.97. The SMILES string of the molecule is CCC(C)C1NC(=O)C(CC(C)C)N(C2CCOC2)C1=O. The van der Waals surface area contributed by atoms with Gasteiger partial charge in [0.05, 0.1) is 12.6 Å². The van der Waals surface area contributed by atoms with Crippen LogP contribution in [0.3, 0.4) is 0 Å². The molecule has 2 heterocycles. The molecule has 2 saturated heterocycles. The van der Waals surface area contributed by atoms with Gasteiger partial charge in [-0.15, -0.1) is 0 Å². The highest BCUT2D eigenvalue weighted by Crippen LogP contribution is 2.26. The molecule has 120 valence electrons. The lowest BCUT2D eigenvalue weighted by Gasteiger charge is -2.44. The van der Waals surface area contributed by atoms with Crippen molar-refractivity contribution in [3.63, 3.8) is 0 Å². The first-order valence-electron chi connectivity index (χ1n) is 8.16. The molecule has 0 aromatic heterocycles. The number of nitrogens with one attached hydrogen (secondary N) is 1. The van der Waals surface area contributed by atoms with Crippen molar-refractivity contribution in [2.75, 3.05) is 13.2 Å². The second-order valence-electron chi connectivity index (χ2n) is 6.78. The molecule has 2 rings (SSSR count). The highest BCUT2D eigenvalue weighted by Gasteiger charge is 2.45. The summed E-state index contributed by atoms with van der Waals surface area (Å²) >= 11 is 0. The Labute approximate surface area is 127 Å². The van der Waals surface area contributed by atoms with Crippen LogP contribution in [-0.2, 0) is 14.3 Å². The molecule has 0 aromatic carbocycles. The minimum atomic E-state index is -0.383. The van der Waals surface area contributed by atoms with Crippen LogP contribution in [0.15, 0.2) is 0 Å². The zero-order valence-corrected chi connectivity index (χ0v) is 13.6. The van der Waals surface area contributed by atoms with Crippen LogP contribution in [0, 0.1) is 11.8 Å². The van der Waals surface area contributed by atoms with Gasteiger partial charge in [-0.25, -0.2) is 0 Å². The maximum absolute atomic E-state index is 12.9. The molecule has 5 heteroatoms. The third-order valence-electron chi connectivity index (χ3n) is 4.66. The number of hydrogen-bond donors (Lipinski definition) is 1. The molecule has 1 N–H and O–H groups in total. The number of ether oxygens (including phenoxy) is 1. The third kappa shape index (κ3) is 3.39. The first kappa shape index (κ1) is 16.3. The summed E-state index contributed by atoms with van der Waals surface area (Å²) in [6.07, 6.45) is 2.42. The zero-order chi connectivity index (χ0) is 15.6. The van der Waals surface area contributed by atoms with E-state index in [9.17, 15) is 9.59 Å². The van der Waals surface area contributed by atoms with Gasteiger partial charge in [0.2, 0.25) is 11.8 Å². The van der Waals surface area contributed by atoms with E-state index in [-0.39, 0.29) is 35.9 Å². The van der Waals surface area contributed by atoms with Gasteiger partial charge in [-0.1, -0.05) is 34.1 Å². The van der Waals surface area contributed by atoms with Crippen LogP contribution in [-0.4, -0.2) is 48.1 Å². The van der Waals surface area contributed by atoms with E-state index < -0.39 is 0 Å². The van der Waals surface area contributed by atoms with E-state index in [1.165, 1.54) is 0 Å². The summed E-state index contributed by atoms with van der Waals surface area (Å²) in [6, 6.07) is -0.671. The maximum Gasteiger partial charge on any atom is 0.246 e. The first-order valence-corrected chi connectivity index (χ1v) is 8.16.